The first-order valence-corrected chi connectivity index (χ1v) is 6.83. The van der Waals surface area contributed by atoms with Gasteiger partial charge >= 0.3 is 0 Å². The standard InChI is InChI=1S/C16H21NO.ClH/c1-3-8-17-9-7-13-10-14-12(11-15(13)17)5-4-6-16(14)18-2;/h3-6,13,15H,1,7-11H2,2H3;1H/t13-,15-;/m0./s1. The van der Waals surface area contributed by atoms with Crippen molar-refractivity contribution in [3.8, 4) is 5.75 Å². The molecule has 104 valence electrons. The Morgan fingerprint density at radius 3 is 3.00 bits per heavy atom. The monoisotopic (exact) mass is 279 g/mol. The fraction of sp³-hybridized carbons (Fsp3) is 0.500. The van der Waals surface area contributed by atoms with Gasteiger partial charge in [0.25, 0.3) is 0 Å². The van der Waals surface area contributed by atoms with Crippen LogP contribution in [-0.4, -0.2) is 31.1 Å². The molecular formula is C16H22ClNO. The van der Waals surface area contributed by atoms with Crippen molar-refractivity contribution in [3.63, 3.8) is 0 Å². The third-order valence-corrected chi connectivity index (χ3v) is 4.51. The van der Waals surface area contributed by atoms with E-state index in [2.05, 4.69) is 29.7 Å². The predicted molar refractivity (Wildman–Crippen MR) is 81.3 cm³/mol. The summed E-state index contributed by atoms with van der Waals surface area (Å²) in [5.41, 5.74) is 2.92. The van der Waals surface area contributed by atoms with Crippen molar-refractivity contribution in [3.05, 3.63) is 42.0 Å². The largest absolute Gasteiger partial charge is 0.496 e. The molecule has 0 bridgehead atoms. The number of hydrogen-bond acceptors (Lipinski definition) is 2. The Bertz CT molecular complexity index is 460. The van der Waals surface area contributed by atoms with Gasteiger partial charge in [-0.05, 0) is 48.9 Å². The zero-order chi connectivity index (χ0) is 12.5. The molecule has 0 amide bonds. The van der Waals surface area contributed by atoms with Crippen LogP contribution in [0.15, 0.2) is 30.9 Å². The summed E-state index contributed by atoms with van der Waals surface area (Å²) in [6.07, 6.45) is 5.70. The lowest BCUT2D eigenvalue weighted by Crippen LogP contribution is -2.38. The Hall–Kier alpha value is -0.990. The van der Waals surface area contributed by atoms with Crippen molar-refractivity contribution < 1.29 is 4.74 Å². The number of ether oxygens (including phenoxy) is 1. The fourth-order valence-corrected chi connectivity index (χ4v) is 3.63. The number of hydrogen-bond donors (Lipinski definition) is 0. The number of benzene rings is 1. The molecule has 0 aromatic heterocycles. The number of likely N-dealkylation sites (tertiary alicyclic amines) is 1. The molecule has 0 radical (unpaired) electrons. The van der Waals surface area contributed by atoms with Gasteiger partial charge < -0.3 is 4.74 Å². The Balaban J connectivity index is 0.00000133. The molecule has 0 unspecified atom stereocenters. The molecule has 1 fully saturated rings. The molecule has 19 heavy (non-hydrogen) atoms. The molecule has 0 saturated carbocycles. The average molecular weight is 280 g/mol. The quantitative estimate of drug-likeness (QED) is 0.789. The van der Waals surface area contributed by atoms with E-state index < -0.39 is 0 Å². The van der Waals surface area contributed by atoms with Crippen molar-refractivity contribution in [1.82, 2.24) is 4.90 Å². The molecule has 1 aliphatic carbocycles. The van der Waals surface area contributed by atoms with Crippen LogP contribution in [0.4, 0.5) is 0 Å². The van der Waals surface area contributed by atoms with Crippen LogP contribution in [-0.2, 0) is 12.8 Å². The Labute approximate surface area is 121 Å². The molecule has 2 aliphatic rings. The van der Waals surface area contributed by atoms with Crippen molar-refractivity contribution >= 4 is 12.4 Å². The fourth-order valence-electron chi connectivity index (χ4n) is 3.63. The summed E-state index contributed by atoms with van der Waals surface area (Å²) >= 11 is 0. The Morgan fingerprint density at radius 1 is 1.42 bits per heavy atom. The molecule has 1 aromatic carbocycles. The molecular weight excluding hydrogens is 258 g/mol. The van der Waals surface area contributed by atoms with Gasteiger partial charge in [0, 0.05) is 12.6 Å². The van der Waals surface area contributed by atoms with E-state index in [4.69, 9.17) is 4.74 Å². The second kappa shape index (κ2) is 5.98. The second-order valence-corrected chi connectivity index (χ2v) is 5.41. The Kier molecular flexibility index (Phi) is 4.54. The van der Waals surface area contributed by atoms with Gasteiger partial charge in [-0.1, -0.05) is 18.2 Å². The van der Waals surface area contributed by atoms with Crippen molar-refractivity contribution in [2.45, 2.75) is 25.3 Å². The van der Waals surface area contributed by atoms with E-state index in [0.717, 1.165) is 18.2 Å². The maximum Gasteiger partial charge on any atom is 0.122 e. The molecule has 1 saturated heterocycles. The van der Waals surface area contributed by atoms with E-state index in [1.54, 1.807) is 7.11 Å². The highest BCUT2D eigenvalue weighted by molar-refractivity contribution is 5.85. The van der Waals surface area contributed by atoms with Crippen LogP contribution >= 0.6 is 12.4 Å². The van der Waals surface area contributed by atoms with Crippen LogP contribution in [0, 0.1) is 5.92 Å². The van der Waals surface area contributed by atoms with Crippen LogP contribution in [0.1, 0.15) is 17.5 Å². The third kappa shape index (κ3) is 2.52. The highest BCUT2D eigenvalue weighted by Crippen LogP contribution is 2.38. The maximum atomic E-state index is 5.51. The molecule has 1 aliphatic heterocycles. The normalized spacial score (nSPS) is 25.1. The summed E-state index contributed by atoms with van der Waals surface area (Å²) in [4.78, 5) is 2.58. The number of rotatable bonds is 3. The molecule has 2 nitrogen and oxygen atoms in total. The van der Waals surface area contributed by atoms with E-state index >= 15 is 0 Å². The van der Waals surface area contributed by atoms with E-state index in [0.29, 0.717) is 6.04 Å². The van der Waals surface area contributed by atoms with Crippen LogP contribution in [0.3, 0.4) is 0 Å². The topological polar surface area (TPSA) is 12.5 Å². The smallest absolute Gasteiger partial charge is 0.122 e. The lowest BCUT2D eigenvalue weighted by atomic mass is 9.80. The molecule has 1 aromatic rings. The lowest BCUT2D eigenvalue weighted by Gasteiger charge is -2.33. The number of halogens is 1. The molecule has 2 atom stereocenters. The van der Waals surface area contributed by atoms with Crippen LogP contribution in [0.5, 0.6) is 5.75 Å². The summed E-state index contributed by atoms with van der Waals surface area (Å²) < 4.78 is 5.51. The summed E-state index contributed by atoms with van der Waals surface area (Å²) in [5, 5.41) is 0. The minimum Gasteiger partial charge on any atom is -0.496 e. The van der Waals surface area contributed by atoms with E-state index in [1.807, 2.05) is 6.08 Å². The molecule has 0 N–H and O–H groups in total. The van der Waals surface area contributed by atoms with Crippen LogP contribution in [0.25, 0.3) is 0 Å². The predicted octanol–water partition coefficient (Wildman–Crippen LogP) is 3.09. The first kappa shape index (κ1) is 14.4. The van der Waals surface area contributed by atoms with Gasteiger partial charge in [0.2, 0.25) is 0 Å². The molecule has 3 heteroatoms. The minimum absolute atomic E-state index is 0. The number of fused-ring (bicyclic) bond motifs is 2. The zero-order valence-corrected chi connectivity index (χ0v) is 12.3. The average Bonchev–Trinajstić information content (AvgIpc) is 2.79. The van der Waals surface area contributed by atoms with Crippen LogP contribution in [0.2, 0.25) is 0 Å². The molecule has 0 spiro atoms. The van der Waals surface area contributed by atoms with Crippen molar-refractivity contribution in [2.24, 2.45) is 5.92 Å². The van der Waals surface area contributed by atoms with Gasteiger partial charge in [-0.15, -0.1) is 19.0 Å². The van der Waals surface area contributed by atoms with E-state index in [9.17, 15) is 0 Å². The van der Waals surface area contributed by atoms with Crippen LogP contribution < -0.4 is 4.74 Å². The van der Waals surface area contributed by atoms with Crippen molar-refractivity contribution in [2.75, 3.05) is 20.2 Å². The maximum absolute atomic E-state index is 5.51. The first-order valence-electron chi connectivity index (χ1n) is 6.83. The highest BCUT2D eigenvalue weighted by atomic mass is 35.5. The Morgan fingerprint density at radius 2 is 2.26 bits per heavy atom. The van der Waals surface area contributed by atoms with Gasteiger partial charge in [0.1, 0.15) is 5.75 Å². The summed E-state index contributed by atoms with van der Waals surface area (Å²) in [5.74, 6) is 1.88. The SMILES string of the molecule is C=CCN1CC[C@H]2Cc3c(cccc3OC)C[C@@H]21.Cl. The van der Waals surface area contributed by atoms with E-state index in [1.165, 1.54) is 36.9 Å². The molecule has 3 rings (SSSR count). The first-order chi connectivity index (χ1) is 8.83. The zero-order valence-electron chi connectivity index (χ0n) is 11.5. The van der Waals surface area contributed by atoms with Gasteiger partial charge in [0.15, 0.2) is 0 Å². The summed E-state index contributed by atoms with van der Waals surface area (Å²) in [6, 6.07) is 7.18. The number of methoxy groups -OCH3 is 1. The highest BCUT2D eigenvalue weighted by Gasteiger charge is 2.37. The molecule has 1 heterocycles. The summed E-state index contributed by atoms with van der Waals surface area (Å²) in [6.45, 7) is 6.12. The summed E-state index contributed by atoms with van der Waals surface area (Å²) in [7, 11) is 1.78. The second-order valence-electron chi connectivity index (χ2n) is 5.41. The minimum atomic E-state index is 0. The third-order valence-electron chi connectivity index (χ3n) is 4.51. The van der Waals surface area contributed by atoms with E-state index in [-0.39, 0.29) is 12.4 Å². The van der Waals surface area contributed by atoms with Gasteiger partial charge in [-0.25, -0.2) is 0 Å². The van der Waals surface area contributed by atoms with Gasteiger partial charge in [0.05, 0.1) is 7.11 Å². The van der Waals surface area contributed by atoms with Gasteiger partial charge in [-0.3, -0.25) is 4.90 Å². The number of nitrogens with zero attached hydrogens (tertiary/aromatic N) is 1. The lowest BCUT2D eigenvalue weighted by molar-refractivity contribution is 0.234. The van der Waals surface area contributed by atoms with Gasteiger partial charge in [-0.2, -0.15) is 0 Å². The van der Waals surface area contributed by atoms with Crippen molar-refractivity contribution in [1.29, 1.82) is 0 Å².